The summed E-state index contributed by atoms with van der Waals surface area (Å²) in [6.45, 7) is 3.22. The van der Waals surface area contributed by atoms with Crippen molar-refractivity contribution in [1.29, 1.82) is 0 Å². The van der Waals surface area contributed by atoms with Gasteiger partial charge >= 0.3 is 0 Å². The minimum absolute atomic E-state index is 0.357. The molecule has 1 atom stereocenters. The second-order valence-corrected chi connectivity index (χ2v) is 4.11. The Balaban J connectivity index is 2.40. The van der Waals surface area contributed by atoms with Gasteiger partial charge in [-0.3, -0.25) is 4.98 Å². The number of ether oxygens (including phenoxy) is 1. The molecule has 1 N–H and O–H groups in total. The summed E-state index contributed by atoms with van der Waals surface area (Å²) in [5, 5.41) is 9.64. The van der Waals surface area contributed by atoms with E-state index >= 15 is 0 Å². The molecule has 1 aromatic heterocycles. The van der Waals surface area contributed by atoms with Crippen LogP contribution in [-0.2, 0) is 0 Å². The van der Waals surface area contributed by atoms with E-state index in [1.807, 2.05) is 0 Å². The molecule has 0 aliphatic rings. The van der Waals surface area contributed by atoms with Crippen LogP contribution in [0.1, 0.15) is 24.2 Å². The molecule has 2 aromatic rings. The van der Waals surface area contributed by atoms with E-state index in [0.717, 1.165) is 0 Å². The van der Waals surface area contributed by atoms with Crippen LogP contribution in [-0.4, -0.2) is 10.1 Å². The van der Waals surface area contributed by atoms with E-state index in [-0.39, 0.29) is 5.82 Å². The van der Waals surface area contributed by atoms with Crippen LogP contribution in [0, 0.1) is 12.7 Å². The van der Waals surface area contributed by atoms with Gasteiger partial charge in [0.05, 0.1) is 12.3 Å². The summed E-state index contributed by atoms with van der Waals surface area (Å²) in [7, 11) is 0. The van der Waals surface area contributed by atoms with E-state index in [0.29, 0.717) is 22.6 Å². The summed E-state index contributed by atoms with van der Waals surface area (Å²) in [4.78, 5) is 3.93. The molecular formula is C14H14FNO2. The highest BCUT2D eigenvalue weighted by Crippen LogP contribution is 2.31. The summed E-state index contributed by atoms with van der Waals surface area (Å²) >= 11 is 0. The van der Waals surface area contributed by atoms with Crippen molar-refractivity contribution in [3.8, 4) is 11.5 Å². The summed E-state index contributed by atoms with van der Waals surface area (Å²) in [6, 6.07) is 6.36. The van der Waals surface area contributed by atoms with E-state index in [1.165, 1.54) is 6.07 Å². The average molecular weight is 247 g/mol. The largest absolute Gasteiger partial charge is 0.455 e. The Bertz CT molecular complexity index is 541. The molecule has 1 aromatic carbocycles. The van der Waals surface area contributed by atoms with Gasteiger partial charge < -0.3 is 9.84 Å². The van der Waals surface area contributed by atoms with E-state index < -0.39 is 6.10 Å². The number of aromatic nitrogens is 1. The minimum Gasteiger partial charge on any atom is -0.455 e. The lowest BCUT2D eigenvalue weighted by Gasteiger charge is -2.14. The van der Waals surface area contributed by atoms with Gasteiger partial charge in [-0.1, -0.05) is 0 Å². The van der Waals surface area contributed by atoms with Crippen molar-refractivity contribution in [3.05, 3.63) is 53.6 Å². The molecule has 0 radical (unpaired) electrons. The number of aliphatic hydroxyl groups is 1. The summed E-state index contributed by atoms with van der Waals surface area (Å²) in [5.41, 5.74) is 0.889. The fourth-order valence-corrected chi connectivity index (χ4v) is 1.62. The van der Waals surface area contributed by atoms with Crippen LogP contribution in [0.5, 0.6) is 11.5 Å². The van der Waals surface area contributed by atoms with Gasteiger partial charge in [0.25, 0.3) is 0 Å². The normalized spacial score (nSPS) is 12.2. The van der Waals surface area contributed by atoms with Crippen LogP contribution >= 0.6 is 0 Å². The summed E-state index contributed by atoms with van der Waals surface area (Å²) in [6.07, 6.45) is 2.40. The molecule has 94 valence electrons. The molecule has 2 rings (SSSR count). The molecule has 1 heterocycles. The smallest absolute Gasteiger partial charge is 0.145 e. The summed E-state index contributed by atoms with van der Waals surface area (Å²) < 4.78 is 19.1. The third-order valence-electron chi connectivity index (χ3n) is 2.60. The Labute approximate surface area is 105 Å². The zero-order valence-corrected chi connectivity index (χ0v) is 10.2. The minimum atomic E-state index is -0.799. The van der Waals surface area contributed by atoms with Gasteiger partial charge in [-0.25, -0.2) is 4.39 Å². The highest BCUT2D eigenvalue weighted by molar-refractivity contribution is 5.41. The third kappa shape index (κ3) is 2.65. The highest BCUT2D eigenvalue weighted by atomic mass is 19.1. The maximum Gasteiger partial charge on any atom is 0.145 e. The van der Waals surface area contributed by atoms with E-state index in [4.69, 9.17) is 4.74 Å². The number of pyridine rings is 1. The number of benzene rings is 1. The molecule has 4 heteroatoms. The van der Waals surface area contributed by atoms with Crippen molar-refractivity contribution in [2.75, 3.05) is 0 Å². The maximum absolute atomic E-state index is 13.5. The van der Waals surface area contributed by atoms with Gasteiger partial charge in [-0.15, -0.1) is 0 Å². The number of aliphatic hydroxyl groups excluding tert-OH is 1. The number of rotatable bonds is 3. The van der Waals surface area contributed by atoms with Crippen molar-refractivity contribution in [2.45, 2.75) is 20.0 Å². The molecule has 0 saturated carbocycles. The predicted molar refractivity (Wildman–Crippen MR) is 66.1 cm³/mol. The molecule has 0 aliphatic heterocycles. The molecule has 0 unspecified atom stereocenters. The zero-order chi connectivity index (χ0) is 13.1. The molecular weight excluding hydrogens is 233 g/mol. The monoisotopic (exact) mass is 247 g/mol. The number of hydrogen-bond acceptors (Lipinski definition) is 3. The Morgan fingerprint density at radius 1 is 1.39 bits per heavy atom. The Hall–Kier alpha value is -1.94. The van der Waals surface area contributed by atoms with Crippen LogP contribution in [0.25, 0.3) is 0 Å². The van der Waals surface area contributed by atoms with Crippen LogP contribution < -0.4 is 4.74 Å². The first-order valence-corrected chi connectivity index (χ1v) is 5.64. The molecule has 0 bridgehead atoms. The first kappa shape index (κ1) is 12.5. The van der Waals surface area contributed by atoms with Crippen molar-refractivity contribution >= 4 is 0 Å². The Morgan fingerprint density at radius 3 is 2.78 bits per heavy atom. The summed E-state index contributed by atoms with van der Waals surface area (Å²) in [5.74, 6) is 0.631. The molecule has 0 aliphatic carbocycles. The number of nitrogens with zero attached hydrogens (tertiary/aromatic N) is 1. The van der Waals surface area contributed by atoms with Gasteiger partial charge in [0.2, 0.25) is 0 Å². The fraction of sp³-hybridized carbons (Fsp3) is 0.214. The van der Waals surface area contributed by atoms with Gasteiger partial charge in [0, 0.05) is 11.8 Å². The Morgan fingerprint density at radius 2 is 2.17 bits per heavy atom. The first-order chi connectivity index (χ1) is 8.58. The van der Waals surface area contributed by atoms with Crippen LogP contribution in [0.2, 0.25) is 0 Å². The third-order valence-corrected chi connectivity index (χ3v) is 2.60. The lowest BCUT2D eigenvalue weighted by molar-refractivity contribution is 0.195. The van der Waals surface area contributed by atoms with Crippen LogP contribution in [0.15, 0.2) is 36.7 Å². The average Bonchev–Trinajstić information content (AvgIpc) is 2.34. The number of aryl methyl sites for hydroxylation is 1. The second kappa shape index (κ2) is 5.14. The molecule has 0 spiro atoms. The maximum atomic E-state index is 13.5. The molecule has 0 saturated heterocycles. The molecule has 0 fully saturated rings. The second-order valence-electron chi connectivity index (χ2n) is 4.11. The molecule has 18 heavy (non-hydrogen) atoms. The first-order valence-electron chi connectivity index (χ1n) is 5.64. The van der Waals surface area contributed by atoms with Crippen molar-refractivity contribution in [2.24, 2.45) is 0 Å². The fourth-order valence-electron chi connectivity index (χ4n) is 1.62. The van der Waals surface area contributed by atoms with E-state index in [9.17, 15) is 9.50 Å². The van der Waals surface area contributed by atoms with Crippen LogP contribution in [0.3, 0.4) is 0 Å². The van der Waals surface area contributed by atoms with Gasteiger partial charge in [-0.05, 0) is 43.7 Å². The lowest BCUT2D eigenvalue weighted by atomic mass is 10.1. The van der Waals surface area contributed by atoms with Gasteiger partial charge in [-0.2, -0.15) is 0 Å². The van der Waals surface area contributed by atoms with Crippen molar-refractivity contribution in [1.82, 2.24) is 4.98 Å². The number of hydrogen-bond donors (Lipinski definition) is 1. The molecule has 3 nitrogen and oxygen atoms in total. The Kier molecular flexibility index (Phi) is 3.58. The van der Waals surface area contributed by atoms with Gasteiger partial charge in [0.1, 0.15) is 17.3 Å². The highest BCUT2D eigenvalue weighted by Gasteiger charge is 2.13. The quantitative estimate of drug-likeness (QED) is 0.904. The molecule has 0 amide bonds. The standard InChI is InChI=1S/C14H14FNO2/c1-9-6-14(12(10(2)17)7-13(9)15)18-11-4-3-5-16-8-11/h3-8,10,17H,1-2H3/t10-/m1/s1. The van der Waals surface area contributed by atoms with Gasteiger partial charge in [0.15, 0.2) is 0 Å². The van der Waals surface area contributed by atoms with Crippen LogP contribution in [0.4, 0.5) is 4.39 Å². The topological polar surface area (TPSA) is 42.4 Å². The number of halogens is 1. The predicted octanol–water partition coefficient (Wildman–Crippen LogP) is 3.37. The van der Waals surface area contributed by atoms with E-state index in [2.05, 4.69) is 4.98 Å². The van der Waals surface area contributed by atoms with Crippen molar-refractivity contribution < 1.29 is 14.2 Å². The zero-order valence-electron chi connectivity index (χ0n) is 10.2. The SMILES string of the molecule is Cc1cc(Oc2cccnc2)c([C@@H](C)O)cc1F. The van der Waals surface area contributed by atoms with Crippen molar-refractivity contribution in [3.63, 3.8) is 0 Å². The lowest BCUT2D eigenvalue weighted by Crippen LogP contribution is -1.99. The van der Waals surface area contributed by atoms with E-state index in [1.54, 1.807) is 44.4 Å².